The van der Waals surface area contributed by atoms with Gasteiger partial charge in [0.1, 0.15) is 16.9 Å². The highest BCUT2D eigenvalue weighted by Gasteiger charge is 2.18. The first-order valence-electron chi connectivity index (χ1n) is 9.58. The summed E-state index contributed by atoms with van der Waals surface area (Å²) in [5.41, 5.74) is 2.55. The molecule has 0 unspecified atom stereocenters. The second-order valence-electron chi connectivity index (χ2n) is 6.86. The minimum absolute atomic E-state index is 0.425. The molecule has 0 radical (unpaired) electrons. The van der Waals surface area contributed by atoms with Gasteiger partial charge >= 0.3 is 5.97 Å². The lowest BCUT2D eigenvalue weighted by atomic mass is 10.1. The van der Waals surface area contributed by atoms with Gasteiger partial charge in [-0.15, -0.1) is 0 Å². The predicted molar refractivity (Wildman–Crippen MR) is 115 cm³/mol. The lowest BCUT2D eigenvalue weighted by Crippen LogP contribution is -2.29. The quantitative estimate of drug-likeness (QED) is 0.469. The molecule has 1 N–H and O–H groups in total. The fraction of sp³-hybridized carbons (Fsp3) is 0.125. The largest absolute Gasteiger partial charge is 0.479 e. The summed E-state index contributed by atoms with van der Waals surface area (Å²) in [6.45, 7) is 1.08. The zero-order chi connectivity index (χ0) is 21.8. The van der Waals surface area contributed by atoms with E-state index in [1.54, 1.807) is 36.4 Å². The summed E-state index contributed by atoms with van der Waals surface area (Å²) in [5, 5.41) is 13.4. The van der Waals surface area contributed by atoms with Crippen LogP contribution in [0.25, 0.3) is 21.9 Å². The Morgan fingerprint density at radius 1 is 1.03 bits per heavy atom. The van der Waals surface area contributed by atoms with Gasteiger partial charge in [-0.1, -0.05) is 18.2 Å². The van der Waals surface area contributed by atoms with Crippen LogP contribution in [0.4, 0.5) is 5.69 Å². The molecule has 1 aromatic heterocycles. The number of amides is 1. The van der Waals surface area contributed by atoms with Gasteiger partial charge < -0.3 is 19.2 Å². The molecule has 0 saturated heterocycles. The van der Waals surface area contributed by atoms with Crippen molar-refractivity contribution in [2.75, 3.05) is 11.9 Å². The lowest BCUT2D eigenvalue weighted by molar-refractivity contribution is -0.153. The number of fused-ring (bicyclic) bond motifs is 3. The first kappa shape index (κ1) is 20.0. The number of para-hydroxylation sites is 1. The van der Waals surface area contributed by atoms with Crippen LogP contribution in [0.3, 0.4) is 0 Å². The van der Waals surface area contributed by atoms with E-state index in [9.17, 15) is 9.59 Å². The number of esters is 1. The van der Waals surface area contributed by atoms with E-state index in [4.69, 9.17) is 19.2 Å². The number of carbonyl (C=O) groups is 2. The zero-order valence-corrected chi connectivity index (χ0v) is 16.6. The number of nitriles is 1. The third-order valence-corrected chi connectivity index (χ3v) is 4.63. The molecule has 0 saturated carbocycles. The molecule has 0 aliphatic carbocycles. The lowest BCUT2D eigenvalue weighted by Gasteiger charge is -2.14. The molecule has 1 amide bonds. The molecular weight excluding hydrogens is 396 g/mol. The van der Waals surface area contributed by atoms with Crippen molar-refractivity contribution in [3.63, 3.8) is 0 Å². The Morgan fingerprint density at radius 3 is 2.55 bits per heavy atom. The summed E-state index contributed by atoms with van der Waals surface area (Å²) < 4.78 is 16.3. The molecule has 0 aliphatic heterocycles. The van der Waals surface area contributed by atoms with E-state index in [-0.39, 0.29) is 0 Å². The molecule has 1 atom stereocenters. The number of nitrogens with zero attached hydrogens (tertiary/aromatic N) is 1. The van der Waals surface area contributed by atoms with Gasteiger partial charge in [0.15, 0.2) is 12.7 Å². The molecule has 4 rings (SSSR count). The number of hydrogen-bond acceptors (Lipinski definition) is 6. The summed E-state index contributed by atoms with van der Waals surface area (Å²) in [4.78, 5) is 24.3. The molecule has 7 nitrogen and oxygen atoms in total. The number of ether oxygens (including phenoxy) is 2. The molecule has 3 aromatic carbocycles. The molecule has 7 heteroatoms. The second-order valence-corrected chi connectivity index (χ2v) is 6.86. The van der Waals surface area contributed by atoms with Gasteiger partial charge in [0.25, 0.3) is 5.91 Å². The smallest absolute Gasteiger partial charge is 0.347 e. The third kappa shape index (κ3) is 4.49. The Morgan fingerprint density at radius 2 is 1.77 bits per heavy atom. The van der Waals surface area contributed by atoms with Crippen LogP contribution in [0, 0.1) is 11.3 Å². The molecule has 4 aromatic rings. The molecule has 0 aliphatic rings. The number of carbonyl (C=O) groups excluding carboxylic acids is 2. The first-order valence-corrected chi connectivity index (χ1v) is 9.58. The van der Waals surface area contributed by atoms with Crippen molar-refractivity contribution in [1.29, 1.82) is 5.26 Å². The highest BCUT2D eigenvalue weighted by molar-refractivity contribution is 6.07. The van der Waals surface area contributed by atoms with E-state index in [1.165, 1.54) is 6.92 Å². The van der Waals surface area contributed by atoms with Crippen molar-refractivity contribution in [3.05, 3.63) is 72.3 Å². The van der Waals surface area contributed by atoms with E-state index in [2.05, 4.69) is 5.32 Å². The number of hydrogen-bond donors (Lipinski definition) is 1. The van der Waals surface area contributed by atoms with Gasteiger partial charge in [-0.3, -0.25) is 4.79 Å². The van der Waals surface area contributed by atoms with E-state index >= 15 is 0 Å². The minimum atomic E-state index is -0.908. The van der Waals surface area contributed by atoms with Crippen LogP contribution in [-0.2, 0) is 14.3 Å². The maximum atomic E-state index is 12.2. The number of benzene rings is 3. The maximum absolute atomic E-state index is 12.2. The summed E-state index contributed by atoms with van der Waals surface area (Å²) in [6, 6.07) is 21.3. The maximum Gasteiger partial charge on any atom is 0.347 e. The highest BCUT2D eigenvalue weighted by Crippen LogP contribution is 2.30. The van der Waals surface area contributed by atoms with Gasteiger partial charge in [0.2, 0.25) is 0 Å². The van der Waals surface area contributed by atoms with Crippen LogP contribution >= 0.6 is 0 Å². The van der Waals surface area contributed by atoms with Crippen LogP contribution < -0.4 is 10.1 Å². The summed E-state index contributed by atoms with van der Waals surface area (Å²) >= 11 is 0. The molecule has 1 heterocycles. The van der Waals surface area contributed by atoms with Gasteiger partial charge in [-0.2, -0.15) is 5.26 Å². The number of anilines is 1. The van der Waals surface area contributed by atoms with Crippen molar-refractivity contribution in [2.45, 2.75) is 13.0 Å². The Balaban J connectivity index is 1.33. The summed E-state index contributed by atoms with van der Waals surface area (Å²) in [6.07, 6.45) is -0.908. The standard InChI is InChI=1S/C24H18N2O5/c1-15(30-18-9-6-16(13-25)7-10-18)24(28)29-14-23(27)26-17-8-11-22-20(12-17)19-4-2-3-5-21(19)31-22/h2-12,15H,14H2,1H3,(H,26,27)/t15-/m0/s1. The fourth-order valence-electron chi connectivity index (χ4n) is 3.12. The molecule has 0 bridgehead atoms. The van der Waals surface area contributed by atoms with E-state index in [0.29, 0.717) is 17.0 Å². The van der Waals surface area contributed by atoms with Gasteiger partial charge in [0, 0.05) is 16.5 Å². The van der Waals surface area contributed by atoms with Crippen molar-refractivity contribution < 1.29 is 23.5 Å². The fourth-order valence-corrected chi connectivity index (χ4v) is 3.12. The van der Waals surface area contributed by atoms with E-state index in [1.807, 2.05) is 36.4 Å². The highest BCUT2D eigenvalue weighted by atomic mass is 16.6. The molecule has 0 fully saturated rings. The number of nitrogens with one attached hydrogen (secondary N) is 1. The molecule has 154 valence electrons. The van der Waals surface area contributed by atoms with Gasteiger partial charge in [-0.05, 0) is 55.5 Å². The summed E-state index contributed by atoms with van der Waals surface area (Å²) in [7, 11) is 0. The average molecular weight is 414 g/mol. The normalized spacial score (nSPS) is 11.6. The molecular formula is C24H18N2O5. The van der Waals surface area contributed by atoms with Gasteiger partial charge in [-0.25, -0.2) is 4.79 Å². The minimum Gasteiger partial charge on any atom is -0.479 e. The number of furan rings is 1. The topological polar surface area (TPSA) is 102 Å². The van der Waals surface area contributed by atoms with Crippen molar-refractivity contribution >= 4 is 39.5 Å². The number of rotatable bonds is 6. The first-order chi connectivity index (χ1) is 15.0. The van der Waals surface area contributed by atoms with Crippen LogP contribution in [0.1, 0.15) is 12.5 Å². The van der Waals surface area contributed by atoms with Crippen LogP contribution in [0.15, 0.2) is 71.1 Å². The van der Waals surface area contributed by atoms with Crippen molar-refractivity contribution in [1.82, 2.24) is 0 Å². The summed E-state index contributed by atoms with van der Waals surface area (Å²) in [5.74, 6) is -0.713. The Bertz CT molecular complexity index is 1300. The van der Waals surface area contributed by atoms with E-state index in [0.717, 1.165) is 21.9 Å². The van der Waals surface area contributed by atoms with Crippen LogP contribution in [0.2, 0.25) is 0 Å². The van der Waals surface area contributed by atoms with Gasteiger partial charge in [0.05, 0.1) is 11.6 Å². The SMILES string of the molecule is C[C@H](Oc1ccc(C#N)cc1)C(=O)OCC(=O)Nc1ccc2oc3ccccc3c2c1. The Hall–Kier alpha value is -4.31. The molecule has 31 heavy (non-hydrogen) atoms. The molecule has 0 spiro atoms. The Kier molecular flexibility index (Phi) is 5.54. The zero-order valence-electron chi connectivity index (χ0n) is 16.6. The monoisotopic (exact) mass is 414 g/mol. The third-order valence-electron chi connectivity index (χ3n) is 4.63. The average Bonchev–Trinajstić information content (AvgIpc) is 3.16. The van der Waals surface area contributed by atoms with Crippen LogP contribution in [0.5, 0.6) is 5.75 Å². The van der Waals surface area contributed by atoms with Crippen molar-refractivity contribution in [3.8, 4) is 11.8 Å². The van der Waals surface area contributed by atoms with Crippen LogP contribution in [-0.4, -0.2) is 24.6 Å². The second kappa shape index (κ2) is 8.59. The van der Waals surface area contributed by atoms with E-state index < -0.39 is 24.6 Å². The predicted octanol–water partition coefficient (Wildman–Crippen LogP) is 4.41. The van der Waals surface area contributed by atoms with Crippen molar-refractivity contribution in [2.24, 2.45) is 0 Å². The Labute approximate surface area is 177 Å².